The molecule has 0 saturated heterocycles. The van der Waals surface area contributed by atoms with Crippen molar-refractivity contribution >= 4 is 0 Å². The number of nitrogens with one attached hydrogen (secondary N) is 1. The van der Waals surface area contributed by atoms with E-state index in [1.165, 1.54) is 5.69 Å². The highest BCUT2D eigenvalue weighted by molar-refractivity contribution is 5.00. The molecule has 0 spiro atoms. The second kappa shape index (κ2) is 4.33. The predicted molar refractivity (Wildman–Crippen MR) is 58.4 cm³/mol. The van der Waals surface area contributed by atoms with Crippen LogP contribution in [-0.2, 0) is 13.1 Å². The number of aryl methyl sites for hydroxylation is 1. The van der Waals surface area contributed by atoms with E-state index in [4.69, 9.17) is 0 Å². The normalized spacial score (nSPS) is 18.8. The van der Waals surface area contributed by atoms with Crippen molar-refractivity contribution in [2.45, 2.75) is 44.9 Å². The summed E-state index contributed by atoms with van der Waals surface area (Å²) in [4.78, 5) is 0. The molecule has 0 unspecified atom stereocenters. The van der Waals surface area contributed by atoms with Gasteiger partial charge in [0.25, 0.3) is 0 Å². The molecule has 1 heterocycles. The predicted octanol–water partition coefficient (Wildman–Crippen LogP) is 0.908. The minimum absolute atomic E-state index is 0.433. The van der Waals surface area contributed by atoms with Crippen molar-refractivity contribution in [3.8, 4) is 0 Å². The van der Waals surface area contributed by atoms with Crippen LogP contribution in [-0.4, -0.2) is 27.0 Å². The lowest BCUT2D eigenvalue weighted by Gasteiger charge is -2.36. The molecule has 84 valence electrons. The number of rotatable bonds is 5. The van der Waals surface area contributed by atoms with Gasteiger partial charge < -0.3 is 10.4 Å². The van der Waals surface area contributed by atoms with Crippen molar-refractivity contribution in [1.82, 2.24) is 15.1 Å². The quantitative estimate of drug-likeness (QED) is 0.757. The van der Waals surface area contributed by atoms with Crippen LogP contribution in [0.25, 0.3) is 0 Å². The molecule has 2 N–H and O–H groups in total. The van der Waals surface area contributed by atoms with Gasteiger partial charge >= 0.3 is 0 Å². The van der Waals surface area contributed by atoms with Crippen LogP contribution in [0.3, 0.4) is 0 Å². The summed E-state index contributed by atoms with van der Waals surface area (Å²) >= 11 is 0. The van der Waals surface area contributed by atoms with Crippen LogP contribution in [0.4, 0.5) is 0 Å². The van der Waals surface area contributed by atoms with Gasteiger partial charge in [-0.05, 0) is 32.3 Å². The lowest BCUT2D eigenvalue weighted by Crippen LogP contribution is -2.46. The van der Waals surface area contributed by atoms with Gasteiger partial charge in [-0.3, -0.25) is 4.68 Å². The zero-order valence-corrected chi connectivity index (χ0v) is 9.24. The van der Waals surface area contributed by atoms with Crippen molar-refractivity contribution < 1.29 is 5.11 Å². The molecule has 1 aromatic heterocycles. The summed E-state index contributed by atoms with van der Waals surface area (Å²) < 4.78 is 1.97. The van der Waals surface area contributed by atoms with Crippen LogP contribution in [0, 0.1) is 0 Å². The third-order valence-corrected chi connectivity index (χ3v) is 3.15. The van der Waals surface area contributed by atoms with Crippen LogP contribution in [0.1, 0.15) is 31.9 Å². The van der Waals surface area contributed by atoms with Gasteiger partial charge in [-0.25, -0.2) is 0 Å². The molecule has 0 amide bonds. The van der Waals surface area contributed by atoms with Gasteiger partial charge in [0.15, 0.2) is 0 Å². The summed E-state index contributed by atoms with van der Waals surface area (Å²) in [5.74, 6) is 0. The van der Waals surface area contributed by atoms with Crippen molar-refractivity contribution in [2.24, 2.45) is 0 Å². The molecule has 1 aliphatic carbocycles. The Labute approximate surface area is 90.3 Å². The summed E-state index contributed by atoms with van der Waals surface area (Å²) in [5, 5.41) is 17.4. The van der Waals surface area contributed by atoms with Crippen LogP contribution in [0.5, 0.6) is 0 Å². The first-order chi connectivity index (χ1) is 7.23. The van der Waals surface area contributed by atoms with E-state index >= 15 is 0 Å². The van der Waals surface area contributed by atoms with Gasteiger partial charge in [-0.1, -0.05) is 0 Å². The first-order valence-electron chi connectivity index (χ1n) is 5.67. The molecule has 1 fully saturated rings. The fraction of sp³-hybridized carbons (Fsp3) is 0.727. The molecule has 15 heavy (non-hydrogen) atoms. The number of aliphatic hydroxyl groups is 1. The summed E-state index contributed by atoms with van der Waals surface area (Å²) in [6.45, 7) is 4.46. The molecule has 1 aromatic rings. The number of hydrogen-bond acceptors (Lipinski definition) is 3. The molecule has 1 aliphatic rings. The van der Waals surface area contributed by atoms with Gasteiger partial charge in [0.05, 0.1) is 11.3 Å². The Morgan fingerprint density at radius 3 is 3.00 bits per heavy atom. The van der Waals surface area contributed by atoms with E-state index in [9.17, 15) is 5.11 Å². The van der Waals surface area contributed by atoms with E-state index in [-0.39, 0.29) is 0 Å². The van der Waals surface area contributed by atoms with Gasteiger partial charge in [-0.2, -0.15) is 5.10 Å². The van der Waals surface area contributed by atoms with E-state index < -0.39 is 5.60 Å². The highest BCUT2D eigenvalue weighted by Gasteiger charge is 2.33. The monoisotopic (exact) mass is 209 g/mol. The Balaban J connectivity index is 1.78. The average molecular weight is 209 g/mol. The van der Waals surface area contributed by atoms with Crippen molar-refractivity contribution in [3.63, 3.8) is 0 Å². The minimum atomic E-state index is -0.433. The van der Waals surface area contributed by atoms with Gasteiger partial charge in [0.2, 0.25) is 0 Å². The summed E-state index contributed by atoms with van der Waals surface area (Å²) in [6.07, 6.45) is 4.85. The maximum Gasteiger partial charge on any atom is 0.0771 e. The SMILES string of the molecule is CCn1nccc1CNCC1(O)CCC1. The largest absolute Gasteiger partial charge is 0.389 e. The molecule has 0 aromatic carbocycles. The number of nitrogens with zero attached hydrogens (tertiary/aromatic N) is 2. The Morgan fingerprint density at radius 2 is 2.40 bits per heavy atom. The first kappa shape index (κ1) is 10.6. The number of hydrogen-bond donors (Lipinski definition) is 2. The summed E-state index contributed by atoms with van der Waals surface area (Å²) in [6, 6.07) is 2.02. The molecular formula is C11H19N3O. The minimum Gasteiger partial charge on any atom is -0.389 e. The Morgan fingerprint density at radius 1 is 1.60 bits per heavy atom. The van der Waals surface area contributed by atoms with E-state index in [1.54, 1.807) is 0 Å². The Bertz CT molecular complexity index is 317. The standard InChI is InChI=1S/C11H19N3O/c1-2-14-10(4-7-13-14)8-12-9-11(15)5-3-6-11/h4,7,12,15H,2-3,5-6,8-9H2,1H3. The van der Waals surface area contributed by atoms with Crippen molar-refractivity contribution in [1.29, 1.82) is 0 Å². The highest BCUT2D eigenvalue weighted by Crippen LogP contribution is 2.30. The third kappa shape index (κ3) is 2.38. The Hall–Kier alpha value is -0.870. The van der Waals surface area contributed by atoms with Crippen LogP contribution in [0.2, 0.25) is 0 Å². The third-order valence-electron chi connectivity index (χ3n) is 3.15. The van der Waals surface area contributed by atoms with Crippen LogP contribution < -0.4 is 5.32 Å². The second-order valence-corrected chi connectivity index (χ2v) is 4.32. The smallest absolute Gasteiger partial charge is 0.0771 e. The van der Waals surface area contributed by atoms with Crippen molar-refractivity contribution in [2.75, 3.05) is 6.54 Å². The molecule has 4 nitrogen and oxygen atoms in total. The molecular weight excluding hydrogens is 190 g/mol. The van der Waals surface area contributed by atoms with E-state index in [2.05, 4.69) is 17.3 Å². The average Bonchev–Trinajstić information content (AvgIpc) is 2.63. The molecule has 2 rings (SSSR count). The van der Waals surface area contributed by atoms with E-state index in [0.29, 0.717) is 6.54 Å². The van der Waals surface area contributed by atoms with Crippen LogP contribution >= 0.6 is 0 Å². The zero-order valence-electron chi connectivity index (χ0n) is 9.24. The van der Waals surface area contributed by atoms with Gasteiger partial charge in [0.1, 0.15) is 0 Å². The molecule has 1 saturated carbocycles. The van der Waals surface area contributed by atoms with E-state index in [0.717, 1.165) is 32.4 Å². The fourth-order valence-electron chi connectivity index (χ4n) is 1.98. The lowest BCUT2D eigenvalue weighted by atomic mass is 9.80. The molecule has 4 heteroatoms. The maximum absolute atomic E-state index is 9.88. The van der Waals surface area contributed by atoms with Gasteiger partial charge in [0, 0.05) is 25.8 Å². The van der Waals surface area contributed by atoms with Crippen molar-refractivity contribution in [3.05, 3.63) is 18.0 Å². The van der Waals surface area contributed by atoms with Crippen LogP contribution in [0.15, 0.2) is 12.3 Å². The molecule has 0 radical (unpaired) electrons. The van der Waals surface area contributed by atoms with E-state index in [1.807, 2.05) is 16.9 Å². The highest BCUT2D eigenvalue weighted by atomic mass is 16.3. The summed E-state index contributed by atoms with van der Waals surface area (Å²) in [5.41, 5.74) is 0.747. The first-order valence-corrected chi connectivity index (χ1v) is 5.67. The fourth-order valence-corrected chi connectivity index (χ4v) is 1.98. The van der Waals surface area contributed by atoms with Gasteiger partial charge in [-0.15, -0.1) is 0 Å². The second-order valence-electron chi connectivity index (χ2n) is 4.32. The molecule has 0 atom stereocenters. The lowest BCUT2D eigenvalue weighted by molar-refractivity contribution is -0.0315. The topological polar surface area (TPSA) is 50.1 Å². The molecule has 0 bridgehead atoms. The maximum atomic E-state index is 9.88. The molecule has 0 aliphatic heterocycles. The zero-order chi connectivity index (χ0) is 10.7. The Kier molecular flexibility index (Phi) is 3.07. The summed E-state index contributed by atoms with van der Waals surface area (Å²) in [7, 11) is 0. The number of aromatic nitrogens is 2.